The first kappa shape index (κ1) is 23.2. The molecule has 0 aromatic heterocycles. The predicted molar refractivity (Wildman–Crippen MR) is 137 cm³/mol. The molecule has 5 atom stereocenters. The number of alkyl halides is 1. The first-order valence-electron chi connectivity index (χ1n) is 12.1. The quantitative estimate of drug-likeness (QED) is 0.160. The topological polar surface area (TPSA) is 26.3 Å². The zero-order chi connectivity index (χ0) is 21.9. The molecule has 0 aromatic rings. The minimum atomic E-state index is -1.70. The van der Waals surface area contributed by atoms with Crippen molar-refractivity contribution in [2.75, 3.05) is 4.43 Å². The van der Waals surface area contributed by atoms with E-state index >= 15 is 0 Å². The van der Waals surface area contributed by atoms with Crippen LogP contribution in [0.2, 0.25) is 19.1 Å². The van der Waals surface area contributed by atoms with Gasteiger partial charge in [0.05, 0.1) is 6.10 Å². The highest BCUT2D eigenvalue weighted by Crippen LogP contribution is 2.64. The Morgan fingerprint density at radius 2 is 1.93 bits per heavy atom. The van der Waals surface area contributed by atoms with Gasteiger partial charge in [-0.2, -0.15) is 0 Å². The van der Waals surface area contributed by atoms with Crippen molar-refractivity contribution in [2.45, 2.75) is 97.9 Å². The third kappa shape index (κ3) is 3.96. The van der Waals surface area contributed by atoms with Gasteiger partial charge in [-0.15, -0.1) is 0 Å². The number of ketones is 1. The Labute approximate surface area is 199 Å². The zero-order valence-electron chi connectivity index (χ0n) is 19.9. The van der Waals surface area contributed by atoms with Crippen molar-refractivity contribution < 1.29 is 9.22 Å². The van der Waals surface area contributed by atoms with Gasteiger partial charge in [-0.05, 0) is 86.4 Å². The van der Waals surface area contributed by atoms with E-state index in [2.05, 4.69) is 69.5 Å². The lowest BCUT2D eigenvalue weighted by atomic mass is 9.52. The molecule has 2 fully saturated rings. The van der Waals surface area contributed by atoms with E-state index in [1.54, 1.807) is 5.57 Å². The molecule has 4 aliphatic rings. The molecule has 4 heteroatoms. The summed E-state index contributed by atoms with van der Waals surface area (Å²) in [4.78, 5) is 12.1. The van der Waals surface area contributed by atoms with E-state index in [1.807, 2.05) is 6.08 Å². The smallest absolute Gasteiger partial charge is 0.187 e. The number of rotatable bonds is 4. The third-order valence-corrected chi connectivity index (χ3v) is 12.8. The summed E-state index contributed by atoms with van der Waals surface area (Å²) < 4.78 is 8.18. The SMILES string of the molecule is CC(C)(C)C[Si](C)(C)O[C@H]1CC[C@H]2[C@@H]3CCC4=CC(=O)CC[C@]4(CI)C3=CC[C@]12C. The third-order valence-electron chi connectivity index (χ3n) is 8.64. The molecule has 4 aliphatic carbocycles. The van der Waals surface area contributed by atoms with E-state index < -0.39 is 8.32 Å². The number of hydrogen-bond acceptors (Lipinski definition) is 2. The summed E-state index contributed by atoms with van der Waals surface area (Å²) in [6.07, 6.45) is 12.9. The van der Waals surface area contributed by atoms with Crippen LogP contribution in [0.5, 0.6) is 0 Å². The fourth-order valence-corrected chi connectivity index (χ4v) is 12.9. The van der Waals surface area contributed by atoms with E-state index in [4.69, 9.17) is 4.43 Å². The lowest BCUT2D eigenvalue weighted by Crippen LogP contribution is -2.49. The van der Waals surface area contributed by atoms with Crippen LogP contribution in [-0.4, -0.2) is 24.6 Å². The highest BCUT2D eigenvalue weighted by molar-refractivity contribution is 14.1. The van der Waals surface area contributed by atoms with Crippen molar-refractivity contribution in [1.29, 1.82) is 0 Å². The summed E-state index contributed by atoms with van der Waals surface area (Å²) in [5.74, 6) is 1.80. The van der Waals surface area contributed by atoms with Gasteiger partial charge in [0, 0.05) is 16.3 Å². The van der Waals surface area contributed by atoms with Gasteiger partial charge in [0.2, 0.25) is 0 Å². The Bertz CT molecular complexity index is 776. The number of carbonyl (C=O) groups is 1. The molecule has 0 amide bonds. The molecule has 0 aliphatic heterocycles. The maximum Gasteiger partial charge on any atom is 0.187 e. The van der Waals surface area contributed by atoms with E-state index in [1.165, 1.54) is 30.9 Å². The molecule has 0 saturated heterocycles. The van der Waals surface area contributed by atoms with Gasteiger partial charge in [0.25, 0.3) is 0 Å². The number of halogens is 1. The molecule has 2 nitrogen and oxygen atoms in total. The second-order valence-corrected chi connectivity index (χ2v) is 17.5. The van der Waals surface area contributed by atoms with Gasteiger partial charge in [-0.3, -0.25) is 4.79 Å². The molecular formula is C26H41IO2Si. The lowest BCUT2D eigenvalue weighted by Gasteiger charge is -2.54. The summed E-state index contributed by atoms with van der Waals surface area (Å²) in [6, 6.07) is 1.22. The largest absolute Gasteiger partial charge is 0.414 e. The predicted octanol–water partition coefficient (Wildman–Crippen LogP) is 7.49. The molecule has 30 heavy (non-hydrogen) atoms. The van der Waals surface area contributed by atoms with Gasteiger partial charge in [0.1, 0.15) is 0 Å². The average Bonchev–Trinajstić information content (AvgIpc) is 2.95. The Morgan fingerprint density at radius 1 is 1.20 bits per heavy atom. The van der Waals surface area contributed by atoms with Crippen LogP contribution in [0.25, 0.3) is 0 Å². The normalized spacial score (nSPS) is 39.0. The minimum Gasteiger partial charge on any atom is -0.414 e. The number of fused-ring (bicyclic) bond motifs is 5. The van der Waals surface area contributed by atoms with Crippen LogP contribution in [0.1, 0.15) is 72.6 Å². The summed E-state index contributed by atoms with van der Waals surface area (Å²) in [6.45, 7) is 14.5. The first-order chi connectivity index (χ1) is 13.9. The van der Waals surface area contributed by atoms with Crippen molar-refractivity contribution >= 4 is 36.7 Å². The standard InChI is InChI=1S/C26H41IO2Si/c1-24(2,3)17-30(5,6)29-23-10-9-21-20-8-7-18-15-19(28)11-14-26(18,16-27)22(20)12-13-25(21,23)4/h12,15,20-21,23H,7-11,13-14,16-17H2,1-6H3/t20-,21-,23-,25-,26+/m0/s1. The number of allylic oxidation sites excluding steroid dienone is 4. The van der Waals surface area contributed by atoms with Gasteiger partial charge >= 0.3 is 0 Å². The molecule has 0 bridgehead atoms. The van der Waals surface area contributed by atoms with Crippen LogP contribution >= 0.6 is 22.6 Å². The molecule has 4 rings (SSSR count). The fourth-order valence-electron chi connectivity index (χ4n) is 7.76. The molecule has 168 valence electrons. The van der Waals surface area contributed by atoms with E-state index in [0.717, 1.165) is 36.0 Å². The number of hydrogen-bond donors (Lipinski definition) is 0. The minimum absolute atomic E-state index is 0.178. The summed E-state index contributed by atoms with van der Waals surface area (Å²) in [5, 5.41) is 0. The number of carbonyl (C=O) groups excluding carboxylic acids is 1. The van der Waals surface area contributed by atoms with Crippen molar-refractivity contribution in [3.8, 4) is 0 Å². The van der Waals surface area contributed by atoms with Crippen LogP contribution in [0.4, 0.5) is 0 Å². The monoisotopic (exact) mass is 540 g/mol. The van der Waals surface area contributed by atoms with Crippen LogP contribution in [0.3, 0.4) is 0 Å². The molecule has 0 heterocycles. The van der Waals surface area contributed by atoms with E-state index in [0.29, 0.717) is 23.2 Å². The van der Waals surface area contributed by atoms with Gasteiger partial charge in [-0.1, -0.05) is 67.5 Å². The Kier molecular flexibility index (Phi) is 6.06. The van der Waals surface area contributed by atoms with Crippen LogP contribution in [0, 0.1) is 28.1 Å². The van der Waals surface area contributed by atoms with Crippen molar-refractivity contribution in [3.63, 3.8) is 0 Å². The Balaban J connectivity index is 1.61. The molecule has 0 radical (unpaired) electrons. The van der Waals surface area contributed by atoms with Crippen molar-refractivity contribution in [3.05, 3.63) is 23.3 Å². The molecule has 0 N–H and O–H groups in total. The average molecular weight is 541 g/mol. The molecule has 0 aromatic carbocycles. The first-order valence-corrected chi connectivity index (χ1v) is 16.7. The van der Waals surface area contributed by atoms with Gasteiger partial charge in [-0.25, -0.2) is 0 Å². The van der Waals surface area contributed by atoms with Gasteiger partial charge < -0.3 is 4.43 Å². The zero-order valence-corrected chi connectivity index (χ0v) is 23.1. The van der Waals surface area contributed by atoms with E-state index in [-0.39, 0.29) is 10.8 Å². The highest BCUT2D eigenvalue weighted by Gasteiger charge is 2.57. The second kappa shape index (κ2) is 7.83. The maximum atomic E-state index is 12.1. The maximum absolute atomic E-state index is 12.1. The summed E-state index contributed by atoms with van der Waals surface area (Å²) in [5.41, 5.74) is 3.96. The second-order valence-electron chi connectivity index (χ2n) is 12.7. The van der Waals surface area contributed by atoms with Crippen molar-refractivity contribution in [1.82, 2.24) is 0 Å². The lowest BCUT2D eigenvalue weighted by molar-refractivity contribution is -0.115. The van der Waals surface area contributed by atoms with Crippen molar-refractivity contribution in [2.24, 2.45) is 28.1 Å². The molecule has 0 unspecified atom stereocenters. The molecular weight excluding hydrogens is 499 g/mol. The fraction of sp³-hybridized carbons (Fsp3) is 0.808. The summed E-state index contributed by atoms with van der Waals surface area (Å²) >= 11 is 2.59. The highest BCUT2D eigenvalue weighted by atomic mass is 127. The Morgan fingerprint density at radius 3 is 2.60 bits per heavy atom. The van der Waals surface area contributed by atoms with Crippen LogP contribution < -0.4 is 0 Å². The van der Waals surface area contributed by atoms with Crippen LogP contribution in [-0.2, 0) is 9.22 Å². The Hall–Kier alpha value is 0.0569. The van der Waals surface area contributed by atoms with Crippen LogP contribution in [0.15, 0.2) is 23.3 Å². The molecule has 0 spiro atoms. The van der Waals surface area contributed by atoms with E-state index in [9.17, 15) is 4.79 Å². The molecule has 2 saturated carbocycles. The summed E-state index contributed by atoms with van der Waals surface area (Å²) in [7, 11) is -1.70. The van der Waals surface area contributed by atoms with Gasteiger partial charge in [0.15, 0.2) is 14.1 Å².